The van der Waals surface area contributed by atoms with E-state index < -0.39 is 12.0 Å². The first kappa shape index (κ1) is 22.3. The number of allylic oxidation sites excluding steroid dienone is 2. The van der Waals surface area contributed by atoms with Gasteiger partial charge in [0, 0.05) is 12.0 Å². The van der Waals surface area contributed by atoms with Gasteiger partial charge < -0.3 is 16.6 Å². The average Bonchev–Trinajstić information content (AvgIpc) is 2.69. The SMILES string of the molecule is C=CCc1ccc(CC(N)C(=O)O)c(-c2ccc(C(=O)CCN)c(CC=C)c2)c1. The molecule has 2 aromatic rings. The van der Waals surface area contributed by atoms with Crippen LogP contribution in [0.4, 0.5) is 0 Å². The van der Waals surface area contributed by atoms with Crippen molar-refractivity contribution in [2.45, 2.75) is 31.7 Å². The molecule has 5 heteroatoms. The topological polar surface area (TPSA) is 106 Å². The van der Waals surface area contributed by atoms with Crippen LogP contribution in [-0.2, 0) is 24.1 Å². The van der Waals surface area contributed by atoms with Crippen LogP contribution in [0, 0.1) is 0 Å². The minimum Gasteiger partial charge on any atom is -0.480 e. The van der Waals surface area contributed by atoms with Gasteiger partial charge in [-0.15, -0.1) is 13.2 Å². The van der Waals surface area contributed by atoms with Crippen molar-refractivity contribution in [3.8, 4) is 11.1 Å². The monoisotopic (exact) mass is 392 g/mol. The number of ketones is 1. The summed E-state index contributed by atoms with van der Waals surface area (Å²) >= 11 is 0. The predicted octanol–water partition coefficient (Wildman–Crippen LogP) is 3.30. The van der Waals surface area contributed by atoms with Crippen molar-refractivity contribution in [3.63, 3.8) is 0 Å². The highest BCUT2D eigenvalue weighted by molar-refractivity contribution is 5.98. The summed E-state index contributed by atoms with van der Waals surface area (Å²) in [6.45, 7) is 7.87. The lowest BCUT2D eigenvalue weighted by atomic mass is 9.89. The zero-order valence-electron chi connectivity index (χ0n) is 16.6. The van der Waals surface area contributed by atoms with E-state index in [2.05, 4.69) is 13.2 Å². The molecular weight excluding hydrogens is 364 g/mol. The van der Waals surface area contributed by atoms with Crippen molar-refractivity contribution in [2.75, 3.05) is 6.54 Å². The molecule has 2 rings (SSSR count). The quantitative estimate of drug-likeness (QED) is 0.402. The molecule has 2 aromatic carbocycles. The van der Waals surface area contributed by atoms with Crippen LogP contribution in [0.1, 0.15) is 33.5 Å². The van der Waals surface area contributed by atoms with Crippen molar-refractivity contribution in [1.82, 2.24) is 0 Å². The van der Waals surface area contributed by atoms with Gasteiger partial charge >= 0.3 is 5.97 Å². The van der Waals surface area contributed by atoms with E-state index in [1.54, 1.807) is 6.08 Å². The Bertz CT molecular complexity index is 918. The lowest BCUT2D eigenvalue weighted by Crippen LogP contribution is -2.32. The second-order valence-corrected chi connectivity index (χ2v) is 6.96. The highest BCUT2D eigenvalue weighted by Crippen LogP contribution is 2.29. The summed E-state index contributed by atoms with van der Waals surface area (Å²) in [5.74, 6) is -1.04. The van der Waals surface area contributed by atoms with Gasteiger partial charge in [-0.1, -0.05) is 48.6 Å². The molecule has 0 saturated carbocycles. The van der Waals surface area contributed by atoms with E-state index in [-0.39, 0.29) is 18.6 Å². The van der Waals surface area contributed by atoms with Crippen LogP contribution in [-0.4, -0.2) is 29.4 Å². The molecule has 0 aliphatic heterocycles. The molecule has 152 valence electrons. The van der Waals surface area contributed by atoms with E-state index in [0.29, 0.717) is 24.9 Å². The van der Waals surface area contributed by atoms with E-state index >= 15 is 0 Å². The number of hydrogen-bond donors (Lipinski definition) is 3. The fourth-order valence-electron chi connectivity index (χ4n) is 3.31. The number of rotatable bonds is 11. The van der Waals surface area contributed by atoms with E-state index in [4.69, 9.17) is 11.5 Å². The average molecular weight is 392 g/mol. The molecule has 0 radical (unpaired) electrons. The normalized spacial score (nSPS) is 11.7. The Labute approximate surface area is 171 Å². The lowest BCUT2D eigenvalue weighted by molar-refractivity contribution is -0.138. The number of carbonyl (C=O) groups is 2. The Morgan fingerprint density at radius 2 is 1.76 bits per heavy atom. The first-order valence-electron chi connectivity index (χ1n) is 9.59. The maximum Gasteiger partial charge on any atom is 0.320 e. The van der Waals surface area contributed by atoms with Crippen molar-refractivity contribution in [1.29, 1.82) is 0 Å². The molecule has 0 spiro atoms. The summed E-state index contributed by atoms with van der Waals surface area (Å²) in [4.78, 5) is 23.7. The van der Waals surface area contributed by atoms with E-state index in [1.807, 2.05) is 42.5 Å². The molecule has 0 aliphatic rings. The van der Waals surface area contributed by atoms with Gasteiger partial charge in [-0.2, -0.15) is 0 Å². The van der Waals surface area contributed by atoms with Gasteiger partial charge in [0.2, 0.25) is 0 Å². The number of hydrogen-bond acceptors (Lipinski definition) is 4. The van der Waals surface area contributed by atoms with Crippen LogP contribution >= 0.6 is 0 Å². The highest BCUT2D eigenvalue weighted by Gasteiger charge is 2.17. The molecule has 1 unspecified atom stereocenters. The first-order valence-corrected chi connectivity index (χ1v) is 9.59. The number of carboxylic acid groups (broad SMARTS) is 1. The molecule has 0 bridgehead atoms. The number of carboxylic acids is 1. The van der Waals surface area contributed by atoms with Crippen LogP contribution in [0.5, 0.6) is 0 Å². The second-order valence-electron chi connectivity index (χ2n) is 6.96. The fourth-order valence-corrected chi connectivity index (χ4v) is 3.31. The molecule has 0 heterocycles. The van der Waals surface area contributed by atoms with Gasteiger partial charge in [0.15, 0.2) is 5.78 Å². The molecule has 0 amide bonds. The number of Topliss-reactive ketones (excluding diaryl/α,β-unsaturated/α-hetero) is 1. The van der Waals surface area contributed by atoms with Gasteiger partial charge in [0.1, 0.15) is 6.04 Å². The van der Waals surface area contributed by atoms with Gasteiger partial charge in [-0.3, -0.25) is 9.59 Å². The largest absolute Gasteiger partial charge is 0.480 e. The van der Waals surface area contributed by atoms with Gasteiger partial charge in [-0.05, 0) is 53.6 Å². The van der Waals surface area contributed by atoms with Crippen LogP contribution in [0.25, 0.3) is 11.1 Å². The van der Waals surface area contributed by atoms with Gasteiger partial charge in [-0.25, -0.2) is 0 Å². The summed E-state index contributed by atoms with van der Waals surface area (Å²) in [5.41, 5.74) is 16.6. The third kappa shape index (κ3) is 5.73. The van der Waals surface area contributed by atoms with Crippen molar-refractivity contribution < 1.29 is 14.7 Å². The molecule has 0 fully saturated rings. The van der Waals surface area contributed by atoms with Crippen molar-refractivity contribution in [2.24, 2.45) is 11.5 Å². The molecule has 0 aliphatic carbocycles. The molecule has 5 nitrogen and oxygen atoms in total. The summed E-state index contributed by atoms with van der Waals surface area (Å²) in [5, 5.41) is 9.21. The standard InChI is InChI=1S/C24H28N2O3/c1-3-5-16-7-8-19(15-22(26)24(28)29)21(13-16)18-9-10-20(23(27)11-12-25)17(14-18)6-4-2/h3-4,7-10,13-14,22H,1-2,5-6,11-12,15,25-26H2,(H,28,29). The van der Waals surface area contributed by atoms with E-state index in [9.17, 15) is 14.7 Å². The number of benzene rings is 2. The van der Waals surface area contributed by atoms with Gasteiger partial charge in [0.05, 0.1) is 0 Å². The number of nitrogens with two attached hydrogens (primary N) is 2. The zero-order chi connectivity index (χ0) is 21.4. The third-order valence-electron chi connectivity index (χ3n) is 4.76. The minimum absolute atomic E-state index is 0.00410. The smallest absolute Gasteiger partial charge is 0.320 e. The summed E-state index contributed by atoms with van der Waals surface area (Å²) in [7, 11) is 0. The van der Waals surface area contributed by atoms with Gasteiger partial charge in [0.25, 0.3) is 0 Å². The van der Waals surface area contributed by atoms with E-state index in [1.165, 1.54) is 0 Å². The molecular formula is C24H28N2O3. The fraction of sp³-hybridized carbons (Fsp3) is 0.250. The molecule has 0 saturated heterocycles. The van der Waals surface area contributed by atoms with Crippen LogP contribution < -0.4 is 11.5 Å². The molecule has 5 N–H and O–H groups in total. The summed E-state index contributed by atoms with van der Waals surface area (Å²) in [6.07, 6.45) is 5.33. The maximum absolute atomic E-state index is 12.4. The molecule has 1 atom stereocenters. The zero-order valence-corrected chi connectivity index (χ0v) is 16.6. The number of aliphatic carboxylic acids is 1. The van der Waals surface area contributed by atoms with Crippen LogP contribution in [0.2, 0.25) is 0 Å². The Morgan fingerprint density at radius 3 is 2.38 bits per heavy atom. The van der Waals surface area contributed by atoms with Crippen LogP contribution in [0.15, 0.2) is 61.7 Å². The summed E-state index contributed by atoms with van der Waals surface area (Å²) in [6, 6.07) is 10.6. The van der Waals surface area contributed by atoms with Crippen LogP contribution in [0.3, 0.4) is 0 Å². The number of carbonyl (C=O) groups excluding carboxylic acids is 1. The molecule has 29 heavy (non-hydrogen) atoms. The first-order chi connectivity index (χ1) is 13.9. The Kier molecular flexibility index (Phi) is 8.07. The van der Waals surface area contributed by atoms with Crippen molar-refractivity contribution >= 4 is 11.8 Å². The van der Waals surface area contributed by atoms with Crippen molar-refractivity contribution in [3.05, 3.63) is 84.0 Å². The minimum atomic E-state index is -1.04. The Hall–Kier alpha value is -3.02. The lowest BCUT2D eigenvalue weighted by Gasteiger charge is -2.16. The summed E-state index contributed by atoms with van der Waals surface area (Å²) < 4.78 is 0. The highest BCUT2D eigenvalue weighted by atomic mass is 16.4. The Balaban J connectivity index is 2.57. The third-order valence-corrected chi connectivity index (χ3v) is 4.76. The van der Waals surface area contributed by atoms with E-state index in [0.717, 1.165) is 27.8 Å². The maximum atomic E-state index is 12.4. The predicted molar refractivity (Wildman–Crippen MR) is 117 cm³/mol. The second kappa shape index (κ2) is 10.5. The Morgan fingerprint density at radius 1 is 1.03 bits per heavy atom. The molecule has 0 aromatic heterocycles.